The summed E-state index contributed by atoms with van der Waals surface area (Å²) in [5, 5.41) is 0. The molecule has 1 aliphatic heterocycles. The molecule has 0 saturated carbocycles. The van der Waals surface area contributed by atoms with Gasteiger partial charge in [-0.3, -0.25) is 9.52 Å². The number of sulfonamides is 1. The Kier molecular flexibility index (Phi) is 5.54. The lowest BCUT2D eigenvalue weighted by Gasteiger charge is -2.30. The molecule has 0 fully saturated rings. The molecule has 0 spiro atoms. The number of carbonyl (C=O) groups excluding carboxylic acids is 1. The summed E-state index contributed by atoms with van der Waals surface area (Å²) in [5.41, 5.74) is 4.33. The van der Waals surface area contributed by atoms with Gasteiger partial charge in [0.2, 0.25) is 0 Å². The number of benzene rings is 3. The molecule has 160 valence electrons. The Morgan fingerprint density at radius 2 is 1.65 bits per heavy atom. The molecule has 3 aromatic rings. The summed E-state index contributed by atoms with van der Waals surface area (Å²) < 4.78 is 41.7. The summed E-state index contributed by atoms with van der Waals surface area (Å²) in [5.74, 6) is -0.633. The van der Waals surface area contributed by atoms with Crippen LogP contribution in [0.5, 0.6) is 0 Å². The Labute approximate surface area is 181 Å². The zero-order valence-corrected chi connectivity index (χ0v) is 18.2. The number of hydrogen-bond acceptors (Lipinski definition) is 3. The van der Waals surface area contributed by atoms with Gasteiger partial charge in [-0.25, -0.2) is 12.8 Å². The van der Waals surface area contributed by atoms with Crippen LogP contribution in [0.15, 0.2) is 65.6 Å². The second kappa shape index (κ2) is 8.15. The molecule has 1 amide bonds. The SMILES string of the molecule is Cc1cc(C)cc(NS(=O)(=O)c2ccc3c(c2)CCCN3C(=O)c2ccc(F)cc2)c1. The first-order valence-electron chi connectivity index (χ1n) is 10.0. The fourth-order valence-corrected chi connectivity index (χ4v) is 5.04. The van der Waals surface area contributed by atoms with Crippen molar-refractivity contribution < 1.29 is 17.6 Å². The maximum atomic E-state index is 13.2. The van der Waals surface area contributed by atoms with Crippen molar-refractivity contribution in [3.05, 3.63) is 88.7 Å². The van der Waals surface area contributed by atoms with Crippen LogP contribution in [-0.2, 0) is 16.4 Å². The highest BCUT2D eigenvalue weighted by molar-refractivity contribution is 7.92. The number of fused-ring (bicyclic) bond motifs is 1. The normalized spacial score (nSPS) is 13.6. The summed E-state index contributed by atoms with van der Waals surface area (Å²) in [6.07, 6.45) is 1.39. The van der Waals surface area contributed by atoms with Gasteiger partial charge in [-0.2, -0.15) is 0 Å². The Hall–Kier alpha value is -3.19. The molecule has 0 aliphatic carbocycles. The van der Waals surface area contributed by atoms with E-state index in [0.29, 0.717) is 36.3 Å². The van der Waals surface area contributed by atoms with Crippen LogP contribution in [-0.4, -0.2) is 20.9 Å². The third kappa shape index (κ3) is 4.46. The van der Waals surface area contributed by atoms with Crippen molar-refractivity contribution >= 4 is 27.3 Å². The van der Waals surface area contributed by atoms with Gasteiger partial charge >= 0.3 is 0 Å². The minimum Gasteiger partial charge on any atom is -0.308 e. The zero-order valence-electron chi connectivity index (χ0n) is 17.4. The van der Waals surface area contributed by atoms with Gasteiger partial charge in [-0.1, -0.05) is 6.07 Å². The predicted molar refractivity (Wildman–Crippen MR) is 120 cm³/mol. The van der Waals surface area contributed by atoms with Crippen LogP contribution in [0.1, 0.15) is 33.5 Å². The fourth-order valence-electron chi connectivity index (χ4n) is 3.95. The first-order valence-corrected chi connectivity index (χ1v) is 11.5. The number of halogens is 1. The number of rotatable bonds is 4. The molecule has 0 aromatic heterocycles. The van der Waals surface area contributed by atoms with Crippen molar-refractivity contribution in [2.45, 2.75) is 31.6 Å². The van der Waals surface area contributed by atoms with Gasteiger partial charge in [0, 0.05) is 23.5 Å². The van der Waals surface area contributed by atoms with Crippen LogP contribution in [0.2, 0.25) is 0 Å². The summed E-state index contributed by atoms with van der Waals surface area (Å²) in [6, 6.07) is 15.8. The van der Waals surface area contributed by atoms with E-state index in [1.165, 1.54) is 30.3 Å². The molecule has 0 saturated heterocycles. The van der Waals surface area contributed by atoms with Gasteiger partial charge in [0.25, 0.3) is 15.9 Å². The summed E-state index contributed by atoms with van der Waals surface area (Å²) >= 11 is 0. The molecule has 31 heavy (non-hydrogen) atoms. The minimum atomic E-state index is -3.77. The van der Waals surface area contributed by atoms with E-state index in [2.05, 4.69) is 4.72 Å². The third-order valence-corrected chi connectivity index (χ3v) is 6.67. The Bertz CT molecular complexity index is 1230. The minimum absolute atomic E-state index is 0.154. The van der Waals surface area contributed by atoms with Crippen molar-refractivity contribution in [1.29, 1.82) is 0 Å². The van der Waals surface area contributed by atoms with Crippen molar-refractivity contribution in [3.8, 4) is 0 Å². The zero-order chi connectivity index (χ0) is 22.2. The number of carbonyl (C=O) groups is 1. The van der Waals surface area contributed by atoms with E-state index in [0.717, 1.165) is 16.7 Å². The van der Waals surface area contributed by atoms with Gasteiger partial charge in [-0.05, 0) is 98.0 Å². The van der Waals surface area contributed by atoms with Gasteiger partial charge in [0.05, 0.1) is 4.90 Å². The smallest absolute Gasteiger partial charge is 0.261 e. The largest absolute Gasteiger partial charge is 0.308 e. The van der Waals surface area contributed by atoms with E-state index in [1.54, 1.807) is 29.2 Å². The van der Waals surface area contributed by atoms with Crippen LogP contribution >= 0.6 is 0 Å². The van der Waals surface area contributed by atoms with Crippen molar-refractivity contribution in [2.75, 3.05) is 16.2 Å². The lowest BCUT2D eigenvalue weighted by Crippen LogP contribution is -2.35. The lowest BCUT2D eigenvalue weighted by molar-refractivity contribution is 0.0985. The molecule has 7 heteroatoms. The molecular formula is C24H23FN2O3S. The van der Waals surface area contributed by atoms with Crippen molar-refractivity contribution in [1.82, 2.24) is 0 Å². The fraction of sp³-hybridized carbons (Fsp3) is 0.208. The summed E-state index contributed by atoms with van der Waals surface area (Å²) in [4.78, 5) is 14.7. The standard InChI is InChI=1S/C24H23FN2O3S/c1-16-12-17(2)14-21(13-16)26-31(29,30)22-9-10-23-19(15-22)4-3-11-27(23)24(28)18-5-7-20(25)8-6-18/h5-10,12-15,26H,3-4,11H2,1-2H3. The van der Waals surface area contributed by atoms with E-state index in [-0.39, 0.29) is 10.8 Å². The molecule has 0 atom stereocenters. The van der Waals surface area contributed by atoms with Crippen molar-refractivity contribution in [2.24, 2.45) is 0 Å². The Balaban J connectivity index is 1.63. The number of anilines is 2. The Morgan fingerprint density at radius 1 is 0.968 bits per heavy atom. The highest BCUT2D eigenvalue weighted by Crippen LogP contribution is 2.31. The van der Waals surface area contributed by atoms with E-state index in [1.807, 2.05) is 19.9 Å². The van der Waals surface area contributed by atoms with Crippen LogP contribution in [0.25, 0.3) is 0 Å². The summed E-state index contributed by atoms with van der Waals surface area (Å²) in [7, 11) is -3.77. The third-order valence-electron chi connectivity index (χ3n) is 5.29. The molecule has 0 bridgehead atoms. The van der Waals surface area contributed by atoms with Crippen LogP contribution in [0.3, 0.4) is 0 Å². The second-order valence-corrected chi connectivity index (χ2v) is 9.52. The van der Waals surface area contributed by atoms with E-state index in [4.69, 9.17) is 0 Å². The highest BCUT2D eigenvalue weighted by atomic mass is 32.2. The van der Waals surface area contributed by atoms with Gasteiger partial charge in [0.1, 0.15) is 5.82 Å². The molecular weight excluding hydrogens is 415 g/mol. The van der Waals surface area contributed by atoms with E-state index in [9.17, 15) is 17.6 Å². The molecule has 3 aromatic carbocycles. The maximum Gasteiger partial charge on any atom is 0.261 e. The van der Waals surface area contributed by atoms with E-state index < -0.39 is 15.8 Å². The van der Waals surface area contributed by atoms with Crippen LogP contribution in [0, 0.1) is 19.7 Å². The van der Waals surface area contributed by atoms with E-state index >= 15 is 0 Å². The number of nitrogens with zero attached hydrogens (tertiary/aromatic N) is 1. The monoisotopic (exact) mass is 438 g/mol. The molecule has 0 radical (unpaired) electrons. The van der Waals surface area contributed by atoms with Gasteiger partial charge in [0.15, 0.2) is 0 Å². The molecule has 1 aliphatic rings. The van der Waals surface area contributed by atoms with Crippen LogP contribution in [0.4, 0.5) is 15.8 Å². The molecule has 5 nitrogen and oxygen atoms in total. The number of aryl methyl sites for hydroxylation is 3. The molecule has 4 rings (SSSR count). The predicted octanol–water partition coefficient (Wildman–Crippen LogP) is 4.84. The maximum absolute atomic E-state index is 13.2. The average molecular weight is 439 g/mol. The quantitative estimate of drug-likeness (QED) is 0.634. The topological polar surface area (TPSA) is 66.5 Å². The van der Waals surface area contributed by atoms with Crippen LogP contribution < -0.4 is 9.62 Å². The Morgan fingerprint density at radius 3 is 2.32 bits per heavy atom. The van der Waals surface area contributed by atoms with Gasteiger partial charge in [-0.15, -0.1) is 0 Å². The number of amides is 1. The number of nitrogens with one attached hydrogen (secondary N) is 1. The summed E-state index contributed by atoms with van der Waals surface area (Å²) in [6.45, 7) is 4.35. The van der Waals surface area contributed by atoms with Crippen molar-refractivity contribution in [3.63, 3.8) is 0 Å². The molecule has 1 N–H and O–H groups in total. The first kappa shape index (κ1) is 21.1. The second-order valence-electron chi connectivity index (χ2n) is 7.84. The number of hydrogen-bond donors (Lipinski definition) is 1. The lowest BCUT2D eigenvalue weighted by atomic mass is 10.0. The average Bonchev–Trinajstić information content (AvgIpc) is 2.72. The molecule has 0 unspecified atom stereocenters. The van der Waals surface area contributed by atoms with Gasteiger partial charge < -0.3 is 4.90 Å². The first-order chi connectivity index (χ1) is 14.7. The highest BCUT2D eigenvalue weighted by Gasteiger charge is 2.26. The molecule has 1 heterocycles.